The lowest BCUT2D eigenvalue weighted by Crippen LogP contribution is -2.43. The summed E-state index contributed by atoms with van der Waals surface area (Å²) >= 11 is 0. The number of aromatic nitrogens is 3. The Labute approximate surface area is 128 Å². The number of amides is 1. The maximum atomic E-state index is 12.2. The normalized spacial score (nSPS) is 11.2. The molecule has 2 N–H and O–H groups in total. The predicted octanol–water partition coefficient (Wildman–Crippen LogP) is 1.64. The van der Waals surface area contributed by atoms with Gasteiger partial charge in [-0.1, -0.05) is 23.4 Å². The van der Waals surface area contributed by atoms with Crippen molar-refractivity contribution in [2.24, 2.45) is 0 Å². The number of hydrogen-bond acceptors (Lipinski definition) is 4. The summed E-state index contributed by atoms with van der Waals surface area (Å²) in [4.78, 5) is 22.8. The van der Waals surface area contributed by atoms with Gasteiger partial charge in [-0.05, 0) is 32.4 Å². The number of carbonyl (C=O) groups excluding carboxylic acids is 1. The number of para-hydroxylation sites is 1. The minimum Gasteiger partial charge on any atom is -0.481 e. The summed E-state index contributed by atoms with van der Waals surface area (Å²) in [5, 5.41) is 19.3. The molecule has 0 radical (unpaired) electrons. The Morgan fingerprint density at radius 2 is 1.95 bits per heavy atom. The summed E-state index contributed by atoms with van der Waals surface area (Å²) in [6.07, 6.45) is 1.86. The Balaban J connectivity index is 2.04. The third-order valence-corrected chi connectivity index (χ3v) is 3.16. The molecule has 0 aliphatic carbocycles. The van der Waals surface area contributed by atoms with Crippen molar-refractivity contribution >= 4 is 11.9 Å². The lowest BCUT2D eigenvalue weighted by molar-refractivity contribution is -0.137. The van der Waals surface area contributed by atoms with Crippen LogP contribution in [0.5, 0.6) is 0 Å². The Morgan fingerprint density at radius 3 is 2.59 bits per heavy atom. The van der Waals surface area contributed by atoms with Gasteiger partial charge in [-0.3, -0.25) is 9.59 Å². The van der Waals surface area contributed by atoms with Crippen LogP contribution in [0.3, 0.4) is 0 Å². The van der Waals surface area contributed by atoms with Crippen molar-refractivity contribution in [2.75, 3.05) is 0 Å². The van der Waals surface area contributed by atoms with E-state index in [1.807, 2.05) is 30.3 Å². The van der Waals surface area contributed by atoms with Crippen molar-refractivity contribution in [3.63, 3.8) is 0 Å². The van der Waals surface area contributed by atoms with E-state index in [4.69, 9.17) is 5.11 Å². The number of carboxylic acids is 1. The standard InChI is InChI=1S/C15H18N4O3/c1-15(2,9-8-13(20)21)16-14(22)12-10-19(18-17-12)11-6-4-3-5-7-11/h3-7,10H,8-9H2,1-2H3,(H,16,22)(H,20,21). The minimum atomic E-state index is -0.891. The predicted molar refractivity (Wildman–Crippen MR) is 79.8 cm³/mol. The van der Waals surface area contributed by atoms with Gasteiger partial charge < -0.3 is 10.4 Å². The highest BCUT2D eigenvalue weighted by Crippen LogP contribution is 2.13. The van der Waals surface area contributed by atoms with E-state index < -0.39 is 11.5 Å². The zero-order chi connectivity index (χ0) is 16.2. The molecule has 0 unspecified atom stereocenters. The molecular formula is C15H18N4O3. The van der Waals surface area contributed by atoms with Crippen LogP contribution in [0.2, 0.25) is 0 Å². The third-order valence-electron chi connectivity index (χ3n) is 3.16. The van der Waals surface area contributed by atoms with Gasteiger partial charge in [-0.2, -0.15) is 0 Å². The molecule has 0 bridgehead atoms. The molecule has 0 fully saturated rings. The Bertz CT molecular complexity index is 664. The Morgan fingerprint density at radius 1 is 1.27 bits per heavy atom. The first-order valence-electron chi connectivity index (χ1n) is 6.89. The van der Waals surface area contributed by atoms with E-state index >= 15 is 0 Å². The minimum absolute atomic E-state index is 0.00993. The maximum absolute atomic E-state index is 12.2. The molecule has 2 rings (SSSR count). The van der Waals surface area contributed by atoms with E-state index in [2.05, 4.69) is 15.6 Å². The SMILES string of the molecule is CC(C)(CCC(=O)O)NC(=O)c1cn(-c2ccccc2)nn1. The van der Waals surface area contributed by atoms with Crippen LogP contribution in [0.1, 0.15) is 37.2 Å². The van der Waals surface area contributed by atoms with E-state index in [-0.39, 0.29) is 18.0 Å². The van der Waals surface area contributed by atoms with Crippen LogP contribution in [0.25, 0.3) is 5.69 Å². The topological polar surface area (TPSA) is 97.1 Å². The largest absolute Gasteiger partial charge is 0.481 e. The van der Waals surface area contributed by atoms with Gasteiger partial charge >= 0.3 is 5.97 Å². The summed E-state index contributed by atoms with van der Waals surface area (Å²) in [5.41, 5.74) is 0.359. The van der Waals surface area contributed by atoms with Gasteiger partial charge in [0.1, 0.15) is 0 Å². The average Bonchev–Trinajstić information content (AvgIpc) is 2.96. The fourth-order valence-electron chi connectivity index (χ4n) is 1.93. The molecule has 22 heavy (non-hydrogen) atoms. The number of rotatable bonds is 6. The molecule has 0 saturated heterocycles. The molecule has 7 heteroatoms. The van der Waals surface area contributed by atoms with Crippen molar-refractivity contribution in [1.29, 1.82) is 0 Å². The van der Waals surface area contributed by atoms with Crippen molar-refractivity contribution in [3.05, 3.63) is 42.2 Å². The van der Waals surface area contributed by atoms with Crippen molar-refractivity contribution in [1.82, 2.24) is 20.3 Å². The molecule has 1 aromatic carbocycles. The molecule has 0 aliphatic heterocycles. The van der Waals surface area contributed by atoms with Gasteiger partial charge in [0.15, 0.2) is 5.69 Å². The van der Waals surface area contributed by atoms with Gasteiger partial charge in [-0.25, -0.2) is 4.68 Å². The van der Waals surface area contributed by atoms with E-state index in [9.17, 15) is 9.59 Å². The summed E-state index contributed by atoms with van der Waals surface area (Å²) in [6.45, 7) is 3.55. The van der Waals surface area contributed by atoms with Crippen LogP contribution in [0.15, 0.2) is 36.5 Å². The molecule has 1 heterocycles. The van der Waals surface area contributed by atoms with Gasteiger partial charge in [0.25, 0.3) is 5.91 Å². The first kappa shape index (κ1) is 15.7. The molecule has 0 spiro atoms. The fraction of sp³-hybridized carbons (Fsp3) is 0.333. The monoisotopic (exact) mass is 302 g/mol. The number of hydrogen-bond donors (Lipinski definition) is 2. The van der Waals surface area contributed by atoms with Crippen molar-refractivity contribution < 1.29 is 14.7 Å². The number of aliphatic carboxylic acids is 1. The Kier molecular flexibility index (Phi) is 4.55. The smallest absolute Gasteiger partial charge is 0.303 e. The lowest BCUT2D eigenvalue weighted by Gasteiger charge is -2.24. The van der Waals surface area contributed by atoms with Gasteiger partial charge in [-0.15, -0.1) is 5.10 Å². The Hall–Kier alpha value is -2.70. The van der Waals surface area contributed by atoms with Crippen LogP contribution < -0.4 is 5.32 Å². The second kappa shape index (κ2) is 6.38. The number of nitrogens with one attached hydrogen (secondary N) is 1. The molecular weight excluding hydrogens is 284 g/mol. The number of benzene rings is 1. The molecule has 0 atom stereocenters. The lowest BCUT2D eigenvalue weighted by atomic mass is 9.98. The quantitative estimate of drug-likeness (QED) is 0.845. The van der Waals surface area contributed by atoms with Gasteiger partial charge in [0.2, 0.25) is 0 Å². The molecule has 1 amide bonds. The zero-order valence-electron chi connectivity index (χ0n) is 12.5. The van der Waals surface area contributed by atoms with E-state index in [0.29, 0.717) is 6.42 Å². The third kappa shape index (κ3) is 4.15. The summed E-state index contributed by atoms with van der Waals surface area (Å²) < 4.78 is 1.51. The first-order chi connectivity index (χ1) is 10.4. The summed E-state index contributed by atoms with van der Waals surface area (Å²) in [6, 6.07) is 9.33. The van der Waals surface area contributed by atoms with Crippen LogP contribution >= 0.6 is 0 Å². The first-order valence-corrected chi connectivity index (χ1v) is 6.89. The highest BCUT2D eigenvalue weighted by Gasteiger charge is 2.23. The van der Waals surface area contributed by atoms with Crippen LogP contribution in [0, 0.1) is 0 Å². The molecule has 116 valence electrons. The highest BCUT2D eigenvalue weighted by atomic mass is 16.4. The van der Waals surface area contributed by atoms with E-state index in [0.717, 1.165) is 5.69 Å². The van der Waals surface area contributed by atoms with Crippen LogP contribution in [-0.2, 0) is 4.79 Å². The molecule has 7 nitrogen and oxygen atoms in total. The van der Waals surface area contributed by atoms with Crippen LogP contribution in [0.4, 0.5) is 0 Å². The fourth-order valence-corrected chi connectivity index (χ4v) is 1.93. The second-order valence-corrected chi connectivity index (χ2v) is 5.62. The van der Waals surface area contributed by atoms with Crippen molar-refractivity contribution in [2.45, 2.75) is 32.2 Å². The highest BCUT2D eigenvalue weighted by molar-refractivity contribution is 5.92. The number of carboxylic acid groups (broad SMARTS) is 1. The van der Waals surface area contributed by atoms with E-state index in [1.165, 1.54) is 10.9 Å². The zero-order valence-corrected chi connectivity index (χ0v) is 12.5. The second-order valence-electron chi connectivity index (χ2n) is 5.62. The maximum Gasteiger partial charge on any atom is 0.303 e. The van der Waals surface area contributed by atoms with Crippen LogP contribution in [-0.4, -0.2) is 37.5 Å². The molecule has 0 aliphatic rings. The summed E-state index contributed by atoms with van der Waals surface area (Å²) in [7, 11) is 0. The molecule has 0 saturated carbocycles. The number of carbonyl (C=O) groups is 2. The van der Waals surface area contributed by atoms with Gasteiger partial charge in [0, 0.05) is 12.0 Å². The van der Waals surface area contributed by atoms with Gasteiger partial charge in [0.05, 0.1) is 11.9 Å². The molecule has 2 aromatic rings. The number of nitrogens with zero attached hydrogens (tertiary/aromatic N) is 3. The van der Waals surface area contributed by atoms with E-state index in [1.54, 1.807) is 13.8 Å². The average molecular weight is 302 g/mol. The molecule has 1 aromatic heterocycles. The summed E-state index contributed by atoms with van der Waals surface area (Å²) in [5.74, 6) is -1.27. The van der Waals surface area contributed by atoms with Crippen molar-refractivity contribution in [3.8, 4) is 5.69 Å².